The summed E-state index contributed by atoms with van der Waals surface area (Å²) in [6, 6.07) is 35.4. The zero-order valence-corrected chi connectivity index (χ0v) is 45.3. The van der Waals surface area contributed by atoms with Crippen LogP contribution >= 0.6 is 11.6 Å². The van der Waals surface area contributed by atoms with Crippen molar-refractivity contribution < 1.29 is 33.6 Å². The normalized spacial score (nSPS) is 14.7. The molecule has 6 aromatic rings. The van der Waals surface area contributed by atoms with Crippen LogP contribution in [-0.4, -0.2) is 97.6 Å². The number of carbonyl (C=O) groups excluding carboxylic acids is 3. The van der Waals surface area contributed by atoms with Crippen molar-refractivity contribution in [3.63, 3.8) is 0 Å². The van der Waals surface area contributed by atoms with E-state index >= 15 is 0 Å². The van der Waals surface area contributed by atoms with Crippen molar-refractivity contribution in [3.05, 3.63) is 184 Å². The van der Waals surface area contributed by atoms with Crippen molar-refractivity contribution in [1.29, 1.82) is 5.26 Å². The van der Waals surface area contributed by atoms with E-state index in [1.807, 2.05) is 94.4 Å². The van der Waals surface area contributed by atoms with E-state index in [0.29, 0.717) is 58.8 Å². The van der Waals surface area contributed by atoms with E-state index in [9.17, 15) is 19.2 Å². The van der Waals surface area contributed by atoms with Gasteiger partial charge >= 0.3 is 13.1 Å². The van der Waals surface area contributed by atoms with Crippen molar-refractivity contribution in [1.82, 2.24) is 25.0 Å². The predicted molar refractivity (Wildman–Crippen MR) is 304 cm³/mol. The predicted octanol–water partition coefficient (Wildman–Crippen LogP) is 8.51. The molecule has 0 bridgehead atoms. The van der Waals surface area contributed by atoms with E-state index in [2.05, 4.69) is 46.2 Å². The summed E-state index contributed by atoms with van der Waals surface area (Å²) >= 11 is 5.55. The highest BCUT2D eigenvalue weighted by Crippen LogP contribution is 2.36. The lowest BCUT2D eigenvalue weighted by molar-refractivity contribution is -0.132. The van der Waals surface area contributed by atoms with Crippen LogP contribution in [0.3, 0.4) is 0 Å². The molecule has 0 spiro atoms. The molecule has 3 aromatic heterocycles. The SMILES string of the molecule is CC1(C)OB(c2ccc(N)nc2)OC1(C)C.CN1N=C(C(=O)Nc2ccc(Cc3cccc(C#N)c3)cn2)CCC1=O.CN1N=C(C(=O)O)CCC1=O.[C-]#[N+]c1cccc(CCl)c1.[C-]#[N+]c1cccc(Cc2ccc(N)nc2)c1. The number of nitrogens with two attached hydrogens (primary N) is 2. The number of halogens is 1. The summed E-state index contributed by atoms with van der Waals surface area (Å²) in [5.41, 5.74) is 18.8. The zero-order chi connectivity index (χ0) is 57.7. The smallest absolute Gasteiger partial charge is 0.477 e. The van der Waals surface area contributed by atoms with Gasteiger partial charge < -0.3 is 31.2 Å². The number of nitrogens with one attached hydrogen (secondary N) is 1. The molecule has 0 saturated carbocycles. The van der Waals surface area contributed by atoms with Crippen molar-refractivity contribution >= 4 is 88.1 Å². The Morgan fingerprint density at radius 2 is 1.19 bits per heavy atom. The first kappa shape index (κ1) is 60.5. The highest BCUT2D eigenvalue weighted by atomic mass is 35.5. The minimum Gasteiger partial charge on any atom is -0.477 e. The number of alkyl halides is 1. The van der Waals surface area contributed by atoms with Crippen LogP contribution in [0.1, 0.15) is 86.8 Å². The first-order valence-electron chi connectivity index (χ1n) is 24.5. The Labute approximate surface area is 464 Å². The Hall–Kier alpha value is -9.33. The van der Waals surface area contributed by atoms with Crippen molar-refractivity contribution in [2.75, 3.05) is 30.9 Å². The number of carbonyl (C=O) groups is 4. The van der Waals surface area contributed by atoms with Gasteiger partial charge in [0.05, 0.1) is 36.0 Å². The molecule has 9 rings (SSSR count). The van der Waals surface area contributed by atoms with Gasteiger partial charge in [-0.15, -0.1) is 11.6 Å². The monoisotopic (exact) mass is 1080 g/mol. The number of nitrogen functional groups attached to an aromatic ring is 2. The third-order valence-electron chi connectivity index (χ3n) is 12.3. The highest BCUT2D eigenvalue weighted by molar-refractivity contribution is 6.62. The first-order chi connectivity index (χ1) is 37.6. The molecule has 0 unspecified atom stereocenters. The third-order valence-corrected chi connectivity index (χ3v) is 12.6. The van der Waals surface area contributed by atoms with Crippen molar-refractivity contribution in [3.8, 4) is 6.07 Å². The molecule has 20 nitrogen and oxygen atoms in total. The number of hydrazone groups is 2. The van der Waals surface area contributed by atoms with Crippen LogP contribution in [-0.2, 0) is 47.2 Å². The lowest BCUT2D eigenvalue weighted by Gasteiger charge is -2.32. The Kier molecular flexibility index (Phi) is 22.0. The lowest BCUT2D eigenvalue weighted by atomic mass is 9.80. The van der Waals surface area contributed by atoms with Gasteiger partial charge in [-0.1, -0.05) is 84.4 Å². The molecule has 79 heavy (non-hydrogen) atoms. The fourth-order valence-corrected chi connectivity index (χ4v) is 7.36. The second-order valence-electron chi connectivity index (χ2n) is 18.8. The fourth-order valence-electron chi connectivity index (χ4n) is 7.19. The Morgan fingerprint density at radius 1 is 0.696 bits per heavy atom. The quantitative estimate of drug-likeness (QED) is 0.0601. The van der Waals surface area contributed by atoms with Crippen LogP contribution in [0.25, 0.3) is 9.69 Å². The fraction of sp³-hybridized carbons (Fsp3) is 0.263. The van der Waals surface area contributed by atoms with Crippen LogP contribution in [0.5, 0.6) is 0 Å². The molecule has 3 aromatic carbocycles. The van der Waals surface area contributed by atoms with Crippen LogP contribution in [0.4, 0.5) is 28.8 Å². The lowest BCUT2D eigenvalue weighted by Crippen LogP contribution is -2.41. The number of benzene rings is 3. The number of amides is 3. The molecular formula is C57H59BClN13O7. The summed E-state index contributed by atoms with van der Waals surface area (Å²) in [7, 11) is 2.62. The number of carboxylic acids is 1. The van der Waals surface area contributed by atoms with E-state index < -0.39 is 5.97 Å². The number of pyridine rings is 3. The maximum Gasteiger partial charge on any atom is 0.496 e. The molecule has 22 heteroatoms. The van der Waals surface area contributed by atoms with Crippen molar-refractivity contribution in [2.24, 2.45) is 10.2 Å². The largest absolute Gasteiger partial charge is 0.496 e. The molecule has 6 heterocycles. The average molecular weight is 1080 g/mol. The van der Waals surface area contributed by atoms with Gasteiger partial charge in [0.1, 0.15) is 28.9 Å². The first-order valence-corrected chi connectivity index (χ1v) is 25.1. The molecule has 1 saturated heterocycles. The molecule has 3 aliphatic heterocycles. The topological polar surface area (TPSA) is 273 Å². The maximum absolute atomic E-state index is 12.2. The molecule has 404 valence electrons. The van der Waals surface area contributed by atoms with Crippen molar-refractivity contribution in [2.45, 2.75) is 83.3 Å². The second kappa shape index (κ2) is 28.7. The Bertz CT molecular complexity index is 3280. The van der Waals surface area contributed by atoms with Crippen LogP contribution in [0.15, 0.2) is 138 Å². The number of aliphatic carboxylic acids is 1. The van der Waals surface area contributed by atoms with Gasteiger partial charge in [-0.3, -0.25) is 14.4 Å². The summed E-state index contributed by atoms with van der Waals surface area (Å²) < 4.78 is 11.8. The molecule has 0 aliphatic carbocycles. The van der Waals surface area contributed by atoms with Gasteiger partial charge in [0.2, 0.25) is 11.8 Å². The molecule has 3 amide bonds. The standard InChI is InChI=1S/C19H17N5O2.C13H11N3.C11H17BN2O2.C8H6ClN.C6H8N2O3/c1-24-18(25)8-6-16(23-24)19(26)22-17-7-5-15(12-21-17)10-13-3-2-4-14(9-13)11-20;1-15-12-4-2-3-10(8-12)7-11-5-6-13(14)16-9-11;1-10(2)11(3,4)16-12(15-10)8-5-6-9(13)14-7-8;1-10-8-4-2-3-7(5-8)6-9;1-8-5(9)3-2-4(7-8)6(10)11/h2-5,7,9,12H,6,8,10H2,1H3,(H,21,22,26);2-6,8-9H,7H2,(H2,14,16);5-7H,1-4H3,(H2,13,14);2-5H,6H2;2-3H2,1H3,(H,10,11). The summed E-state index contributed by atoms with van der Waals surface area (Å²) in [6.45, 7) is 21.7. The van der Waals surface area contributed by atoms with Gasteiger partial charge in [0.25, 0.3) is 5.91 Å². The van der Waals surface area contributed by atoms with Gasteiger partial charge in [0.15, 0.2) is 11.4 Å². The average Bonchev–Trinajstić information content (AvgIpc) is 3.81. The summed E-state index contributed by atoms with van der Waals surface area (Å²) in [4.78, 5) is 63.7. The minimum absolute atomic E-state index is 0.0482. The number of anilines is 3. The van der Waals surface area contributed by atoms with E-state index in [-0.39, 0.29) is 61.0 Å². The van der Waals surface area contributed by atoms with Gasteiger partial charge in [-0.05, 0) is 93.1 Å². The second-order valence-corrected chi connectivity index (χ2v) is 19.1. The molecule has 0 radical (unpaired) electrons. The van der Waals surface area contributed by atoms with Gasteiger partial charge in [-0.2, -0.15) is 15.5 Å². The molecule has 1 fully saturated rings. The highest BCUT2D eigenvalue weighted by Gasteiger charge is 2.51. The van der Waals surface area contributed by atoms with E-state index in [4.69, 9.17) is 55.9 Å². The summed E-state index contributed by atoms with van der Waals surface area (Å²) in [5.74, 6) is 0.268. The molecule has 6 N–H and O–H groups in total. The number of rotatable bonds is 9. The van der Waals surface area contributed by atoms with Gasteiger partial charge in [0, 0.05) is 69.7 Å². The molecule has 3 aliphatic rings. The summed E-state index contributed by atoms with van der Waals surface area (Å²) in [5, 5.41) is 29.9. The Balaban J connectivity index is 0.000000190. The van der Waals surface area contributed by atoms with E-state index in [1.54, 1.807) is 61.1 Å². The maximum atomic E-state index is 12.2. The number of aromatic nitrogens is 3. The van der Waals surface area contributed by atoms with E-state index in [0.717, 1.165) is 44.7 Å². The van der Waals surface area contributed by atoms with E-state index in [1.165, 1.54) is 19.1 Å². The number of hydrogen-bond acceptors (Lipinski definition) is 14. The van der Waals surface area contributed by atoms with Gasteiger partial charge in [-0.25, -0.2) is 39.5 Å². The summed E-state index contributed by atoms with van der Waals surface area (Å²) in [6.07, 6.45) is 7.64. The minimum atomic E-state index is -1.05. The van der Waals surface area contributed by atoms with Crippen LogP contribution < -0.4 is 22.2 Å². The molecular weight excluding hydrogens is 1020 g/mol. The number of carboxylic acid groups (broad SMARTS) is 1. The Morgan fingerprint density at radius 3 is 1.67 bits per heavy atom. The number of nitrogens with zero attached hydrogens (tertiary/aromatic N) is 10. The third kappa shape index (κ3) is 18.7. The van der Waals surface area contributed by atoms with Crippen LogP contribution in [0, 0.1) is 24.5 Å². The molecule has 0 atom stereocenters. The number of nitriles is 1. The zero-order valence-electron chi connectivity index (χ0n) is 44.6. The van der Waals surface area contributed by atoms with Crippen LogP contribution in [0.2, 0.25) is 0 Å². The number of hydrogen-bond donors (Lipinski definition) is 4.